The summed E-state index contributed by atoms with van der Waals surface area (Å²) in [6.07, 6.45) is -1.80. The van der Waals surface area contributed by atoms with E-state index in [1.165, 1.54) is 16.8 Å². The van der Waals surface area contributed by atoms with Crippen LogP contribution in [0.4, 0.5) is 24.7 Å². The van der Waals surface area contributed by atoms with Crippen molar-refractivity contribution in [1.82, 2.24) is 14.5 Å². The number of rotatable bonds is 1. The van der Waals surface area contributed by atoms with Crippen molar-refractivity contribution in [3.05, 3.63) is 58.9 Å². The van der Waals surface area contributed by atoms with Crippen molar-refractivity contribution in [2.24, 2.45) is 7.05 Å². The van der Waals surface area contributed by atoms with Crippen molar-refractivity contribution in [3.8, 4) is 22.6 Å². The van der Waals surface area contributed by atoms with Crippen molar-refractivity contribution >= 4 is 11.5 Å². The summed E-state index contributed by atoms with van der Waals surface area (Å²) in [5.41, 5.74) is 0.329. The van der Waals surface area contributed by atoms with Crippen molar-refractivity contribution in [3.63, 3.8) is 0 Å². The van der Waals surface area contributed by atoms with Gasteiger partial charge in [-0.3, -0.25) is 9.55 Å². The minimum absolute atomic E-state index is 0.281. The summed E-state index contributed by atoms with van der Waals surface area (Å²) >= 11 is 0. The number of aryl methyl sites for hydroxylation is 1. The van der Waals surface area contributed by atoms with Gasteiger partial charge in [-0.05, 0) is 23.8 Å². The lowest BCUT2D eigenvalue weighted by molar-refractivity contribution is -0.141. The number of benzene rings is 1. The molecule has 1 aromatic carbocycles. The third kappa shape index (κ3) is 2.77. The van der Waals surface area contributed by atoms with Crippen LogP contribution in [-0.4, -0.2) is 14.5 Å². The Morgan fingerprint density at radius 1 is 1.12 bits per heavy atom. The molecule has 3 aromatic rings. The van der Waals surface area contributed by atoms with Gasteiger partial charge >= 0.3 is 11.9 Å². The highest BCUT2D eigenvalue weighted by Gasteiger charge is 2.32. The summed E-state index contributed by atoms with van der Waals surface area (Å²) < 4.78 is 44.9. The number of nitrogens with one attached hydrogen (secondary N) is 1. The first-order valence-electron chi connectivity index (χ1n) is 7.51. The van der Waals surface area contributed by atoms with Crippen molar-refractivity contribution in [2.75, 3.05) is 5.32 Å². The van der Waals surface area contributed by atoms with Gasteiger partial charge in [0.2, 0.25) is 0 Å². The van der Waals surface area contributed by atoms with Gasteiger partial charge in [0.1, 0.15) is 5.69 Å². The number of nitrogens with zero attached hydrogens (tertiary/aromatic N) is 3. The van der Waals surface area contributed by atoms with Gasteiger partial charge < -0.3 is 10.1 Å². The predicted molar refractivity (Wildman–Crippen MR) is 87.5 cm³/mol. The van der Waals surface area contributed by atoms with Crippen LogP contribution in [0.15, 0.2) is 47.5 Å². The average molecular weight is 360 g/mol. The topological polar surface area (TPSA) is 69.0 Å². The molecule has 0 unspecified atom stereocenters. The van der Waals surface area contributed by atoms with Gasteiger partial charge in [-0.25, -0.2) is 4.79 Å². The van der Waals surface area contributed by atoms with Gasteiger partial charge in [0.15, 0.2) is 17.3 Å². The zero-order valence-electron chi connectivity index (χ0n) is 13.3. The Labute approximate surface area is 144 Å². The van der Waals surface area contributed by atoms with E-state index in [1.54, 1.807) is 25.2 Å². The SMILES string of the molecule is Cn1cc2c(nc1=O)Nc1cc(-c3ccc(C(F)(F)F)nc3)ccc1O2. The molecule has 0 bridgehead atoms. The summed E-state index contributed by atoms with van der Waals surface area (Å²) in [5.74, 6) is 1.20. The average Bonchev–Trinajstić information content (AvgIpc) is 2.60. The van der Waals surface area contributed by atoms with Crippen molar-refractivity contribution in [2.45, 2.75) is 6.18 Å². The quantitative estimate of drug-likeness (QED) is 0.560. The third-order valence-electron chi connectivity index (χ3n) is 3.89. The Morgan fingerprint density at radius 2 is 1.88 bits per heavy atom. The minimum atomic E-state index is -4.48. The zero-order valence-corrected chi connectivity index (χ0v) is 13.3. The Hall–Kier alpha value is -3.36. The number of anilines is 2. The van der Waals surface area contributed by atoms with Crippen LogP contribution in [0.1, 0.15) is 5.69 Å². The highest BCUT2D eigenvalue weighted by Crippen LogP contribution is 2.41. The molecule has 0 saturated heterocycles. The standard InChI is InChI=1S/C17H11F3N4O2/c1-24-8-13-15(23-16(24)25)22-11-6-9(2-4-12(11)26-13)10-3-5-14(21-7-10)17(18,19)20/h2-8H,1H3,(H,22,23,25). The number of hydrogen-bond donors (Lipinski definition) is 1. The van der Waals surface area contributed by atoms with Crippen LogP contribution < -0.4 is 15.7 Å². The van der Waals surface area contributed by atoms with E-state index >= 15 is 0 Å². The van der Waals surface area contributed by atoms with Gasteiger partial charge in [0.05, 0.1) is 11.9 Å². The molecular formula is C17H11F3N4O2. The van der Waals surface area contributed by atoms with Crippen LogP contribution in [0.25, 0.3) is 11.1 Å². The highest BCUT2D eigenvalue weighted by molar-refractivity contribution is 5.78. The third-order valence-corrected chi connectivity index (χ3v) is 3.89. The first kappa shape index (κ1) is 16.1. The second-order valence-corrected chi connectivity index (χ2v) is 5.72. The lowest BCUT2D eigenvalue weighted by Crippen LogP contribution is -2.22. The maximum Gasteiger partial charge on any atom is 0.433 e. The molecule has 6 nitrogen and oxygen atoms in total. The van der Waals surface area contributed by atoms with Gasteiger partial charge in [-0.1, -0.05) is 12.1 Å². The van der Waals surface area contributed by atoms with Gasteiger partial charge in [-0.2, -0.15) is 18.2 Å². The molecule has 0 fully saturated rings. The number of alkyl halides is 3. The zero-order chi connectivity index (χ0) is 18.5. The molecule has 0 spiro atoms. The van der Waals surface area contributed by atoms with E-state index in [1.807, 2.05) is 0 Å². The summed E-state index contributed by atoms with van der Waals surface area (Å²) in [6, 6.07) is 7.37. The Bertz CT molecular complexity index is 1060. The smallest absolute Gasteiger partial charge is 0.433 e. The normalized spacial score (nSPS) is 12.6. The maximum atomic E-state index is 12.6. The number of pyridine rings is 1. The van der Waals surface area contributed by atoms with E-state index in [9.17, 15) is 18.0 Å². The van der Waals surface area contributed by atoms with E-state index < -0.39 is 17.6 Å². The second kappa shape index (κ2) is 5.58. The number of hydrogen-bond acceptors (Lipinski definition) is 5. The van der Waals surface area contributed by atoms with E-state index in [2.05, 4.69) is 15.3 Å². The summed E-state index contributed by atoms with van der Waals surface area (Å²) in [7, 11) is 1.56. The number of aromatic nitrogens is 3. The van der Waals surface area contributed by atoms with E-state index in [4.69, 9.17) is 4.74 Å². The molecule has 0 amide bonds. The molecule has 0 atom stereocenters. The summed E-state index contributed by atoms with van der Waals surface area (Å²) in [5, 5.41) is 3.00. The lowest BCUT2D eigenvalue weighted by atomic mass is 10.1. The highest BCUT2D eigenvalue weighted by atomic mass is 19.4. The fourth-order valence-corrected chi connectivity index (χ4v) is 2.56. The fourth-order valence-electron chi connectivity index (χ4n) is 2.56. The van der Waals surface area contributed by atoms with Crippen molar-refractivity contribution < 1.29 is 17.9 Å². The number of ether oxygens (including phenoxy) is 1. The van der Waals surface area contributed by atoms with Gasteiger partial charge in [0.25, 0.3) is 0 Å². The molecule has 3 heterocycles. The number of fused-ring (bicyclic) bond motifs is 2. The molecule has 0 aliphatic carbocycles. The van der Waals surface area contributed by atoms with E-state index in [0.717, 1.165) is 12.3 Å². The van der Waals surface area contributed by atoms with Crippen LogP contribution in [-0.2, 0) is 13.2 Å². The molecular weight excluding hydrogens is 349 g/mol. The van der Waals surface area contributed by atoms with Gasteiger partial charge in [-0.15, -0.1) is 0 Å². The Balaban J connectivity index is 1.68. The maximum absolute atomic E-state index is 12.6. The molecule has 9 heteroatoms. The van der Waals surface area contributed by atoms with E-state index in [0.29, 0.717) is 28.3 Å². The first-order valence-corrected chi connectivity index (χ1v) is 7.51. The van der Waals surface area contributed by atoms with Crippen LogP contribution in [0.5, 0.6) is 11.5 Å². The second-order valence-electron chi connectivity index (χ2n) is 5.72. The molecule has 0 saturated carbocycles. The first-order chi connectivity index (χ1) is 12.3. The molecule has 1 aliphatic rings. The molecule has 4 rings (SSSR count). The summed E-state index contributed by atoms with van der Waals surface area (Å²) in [4.78, 5) is 19.0. The largest absolute Gasteiger partial charge is 0.450 e. The van der Waals surface area contributed by atoms with Crippen LogP contribution >= 0.6 is 0 Å². The molecule has 26 heavy (non-hydrogen) atoms. The van der Waals surface area contributed by atoms with Crippen LogP contribution in [0, 0.1) is 0 Å². The Kier molecular flexibility index (Phi) is 3.46. The molecule has 0 radical (unpaired) electrons. The fraction of sp³-hybridized carbons (Fsp3) is 0.118. The van der Waals surface area contributed by atoms with E-state index in [-0.39, 0.29) is 5.82 Å². The predicted octanol–water partition coefficient (Wildman–Crippen LogP) is 3.71. The van der Waals surface area contributed by atoms with Gasteiger partial charge in [0, 0.05) is 18.8 Å². The number of halogens is 3. The lowest BCUT2D eigenvalue weighted by Gasteiger charge is -2.21. The van der Waals surface area contributed by atoms with Crippen LogP contribution in [0.3, 0.4) is 0 Å². The monoisotopic (exact) mass is 360 g/mol. The minimum Gasteiger partial charge on any atom is -0.450 e. The summed E-state index contributed by atoms with van der Waals surface area (Å²) in [6.45, 7) is 0. The molecule has 132 valence electrons. The van der Waals surface area contributed by atoms with Crippen LogP contribution in [0.2, 0.25) is 0 Å². The molecule has 1 N–H and O–H groups in total. The van der Waals surface area contributed by atoms with Crippen molar-refractivity contribution in [1.29, 1.82) is 0 Å². The molecule has 2 aromatic heterocycles. The molecule has 1 aliphatic heterocycles. The Morgan fingerprint density at radius 3 is 2.58 bits per heavy atom.